The standard InChI is InChI=1S/C25H24ClF2N5O4/c1-13(2)33-10-15-8-20(31-21(15)24(33)36)19-7-14(9-29-22(19)32-11-17(34)12-32)23(35)30-16-3-5-18(6-4-16)37-25(26,27)28/h3-9,13,17,31,34H,10-12H2,1-2H3,(H,30,35). The molecule has 2 aliphatic rings. The Morgan fingerprint density at radius 3 is 2.57 bits per heavy atom. The Bertz CT molecular complexity index is 1350. The molecule has 0 unspecified atom stereocenters. The zero-order valence-electron chi connectivity index (χ0n) is 20.0. The highest BCUT2D eigenvalue weighted by atomic mass is 35.5. The molecule has 2 aliphatic heterocycles. The van der Waals surface area contributed by atoms with Crippen LogP contribution in [-0.4, -0.2) is 62.6 Å². The van der Waals surface area contributed by atoms with Crippen molar-refractivity contribution in [2.24, 2.45) is 0 Å². The predicted molar refractivity (Wildman–Crippen MR) is 133 cm³/mol. The van der Waals surface area contributed by atoms with Gasteiger partial charge in [0.25, 0.3) is 11.8 Å². The maximum absolute atomic E-state index is 13.0. The highest BCUT2D eigenvalue weighted by Crippen LogP contribution is 2.36. The molecule has 5 rings (SSSR count). The first-order valence-corrected chi connectivity index (χ1v) is 12.0. The number of nitrogens with zero attached hydrogens (tertiary/aromatic N) is 3. The number of rotatable bonds is 7. The SMILES string of the molecule is CC(C)N1Cc2cc(-c3cc(C(=O)Nc4ccc(OC(F)(F)Cl)cc4)cnc3N3CC(O)C3)[nH]c2C1=O. The van der Waals surface area contributed by atoms with Gasteiger partial charge in [0, 0.05) is 60.3 Å². The second-order valence-electron chi connectivity index (χ2n) is 9.29. The molecule has 0 atom stereocenters. The molecule has 3 aromatic rings. The molecule has 0 radical (unpaired) electrons. The number of nitrogens with one attached hydrogen (secondary N) is 2. The van der Waals surface area contributed by atoms with Gasteiger partial charge < -0.3 is 29.9 Å². The van der Waals surface area contributed by atoms with Crippen molar-refractivity contribution < 1.29 is 28.2 Å². The van der Waals surface area contributed by atoms with Crippen LogP contribution in [0.4, 0.5) is 20.3 Å². The summed E-state index contributed by atoms with van der Waals surface area (Å²) in [5.74, 6) is -0.133. The molecule has 9 nitrogen and oxygen atoms in total. The number of hydrogen-bond donors (Lipinski definition) is 3. The fraction of sp³-hybridized carbons (Fsp3) is 0.320. The van der Waals surface area contributed by atoms with Gasteiger partial charge in [0.1, 0.15) is 17.3 Å². The van der Waals surface area contributed by atoms with Crippen LogP contribution in [0.15, 0.2) is 42.6 Å². The molecule has 0 aliphatic carbocycles. The third kappa shape index (κ3) is 5.09. The Morgan fingerprint density at radius 1 is 1.27 bits per heavy atom. The van der Waals surface area contributed by atoms with Gasteiger partial charge in [0.2, 0.25) is 0 Å². The topological polar surface area (TPSA) is 111 Å². The summed E-state index contributed by atoms with van der Waals surface area (Å²) in [6.45, 7) is 5.21. The molecular formula is C25H24ClF2N5O4. The van der Waals surface area contributed by atoms with Crippen molar-refractivity contribution in [1.82, 2.24) is 14.9 Å². The third-order valence-electron chi connectivity index (χ3n) is 6.26. The van der Waals surface area contributed by atoms with E-state index in [1.54, 1.807) is 11.0 Å². The zero-order chi connectivity index (χ0) is 26.5. The predicted octanol–water partition coefficient (Wildman–Crippen LogP) is 4.04. The number of amides is 2. The third-order valence-corrected chi connectivity index (χ3v) is 6.34. The fourth-order valence-electron chi connectivity index (χ4n) is 4.38. The maximum atomic E-state index is 13.0. The van der Waals surface area contributed by atoms with Gasteiger partial charge in [-0.3, -0.25) is 9.59 Å². The summed E-state index contributed by atoms with van der Waals surface area (Å²) in [6, 6.07) is 8.94. The van der Waals surface area contributed by atoms with Crippen molar-refractivity contribution in [1.29, 1.82) is 0 Å². The van der Waals surface area contributed by atoms with Crippen LogP contribution in [0.25, 0.3) is 11.3 Å². The van der Waals surface area contributed by atoms with Gasteiger partial charge in [-0.05, 0) is 50.2 Å². The van der Waals surface area contributed by atoms with Crippen LogP contribution in [0.5, 0.6) is 5.75 Å². The van der Waals surface area contributed by atoms with Crippen LogP contribution in [0, 0.1) is 0 Å². The highest BCUT2D eigenvalue weighted by Gasteiger charge is 2.34. The van der Waals surface area contributed by atoms with Crippen molar-refractivity contribution >= 4 is 34.9 Å². The molecule has 2 aromatic heterocycles. The number of aromatic amines is 1. The van der Waals surface area contributed by atoms with Crippen molar-refractivity contribution in [3.63, 3.8) is 0 Å². The van der Waals surface area contributed by atoms with Gasteiger partial charge in [-0.25, -0.2) is 4.98 Å². The number of aliphatic hydroxyl groups excluding tert-OH is 1. The number of carbonyl (C=O) groups is 2. The van der Waals surface area contributed by atoms with E-state index in [0.717, 1.165) is 5.56 Å². The summed E-state index contributed by atoms with van der Waals surface area (Å²) in [5.41, 5.74) is -0.602. The van der Waals surface area contributed by atoms with Crippen LogP contribution in [0.1, 0.15) is 40.3 Å². The molecule has 3 N–H and O–H groups in total. The second-order valence-corrected chi connectivity index (χ2v) is 9.73. The van der Waals surface area contributed by atoms with Gasteiger partial charge in [0.05, 0.1) is 17.4 Å². The monoisotopic (exact) mass is 531 g/mol. The average molecular weight is 532 g/mol. The van der Waals surface area contributed by atoms with E-state index in [1.807, 2.05) is 24.8 Å². The van der Waals surface area contributed by atoms with E-state index >= 15 is 0 Å². The smallest absolute Gasteiger partial charge is 0.420 e. The van der Waals surface area contributed by atoms with E-state index in [0.29, 0.717) is 48.1 Å². The number of carbonyl (C=O) groups excluding carboxylic acids is 2. The highest BCUT2D eigenvalue weighted by molar-refractivity contribution is 6.20. The fourth-order valence-corrected chi connectivity index (χ4v) is 4.47. The van der Waals surface area contributed by atoms with Crippen LogP contribution >= 0.6 is 11.6 Å². The van der Waals surface area contributed by atoms with Gasteiger partial charge in [-0.2, -0.15) is 0 Å². The van der Waals surface area contributed by atoms with E-state index in [-0.39, 0.29) is 23.3 Å². The van der Waals surface area contributed by atoms with Crippen LogP contribution in [-0.2, 0) is 6.54 Å². The molecule has 1 aromatic carbocycles. The van der Waals surface area contributed by atoms with E-state index in [1.165, 1.54) is 30.5 Å². The molecule has 1 fully saturated rings. The van der Waals surface area contributed by atoms with E-state index in [4.69, 9.17) is 11.6 Å². The van der Waals surface area contributed by atoms with Crippen molar-refractivity contribution in [2.45, 2.75) is 38.1 Å². The summed E-state index contributed by atoms with van der Waals surface area (Å²) in [6.07, 6.45) is 0.963. The molecule has 0 bridgehead atoms. The molecule has 2 amide bonds. The number of fused-ring (bicyclic) bond motifs is 1. The minimum atomic E-state index is -3.84. The summed E-state index contributed by atoms with van der Waals surface area (Å²) >= 11 is 4.77. The lowest BCUT2D eigenvalue weighted by Gasteiger charge is -2.37. The number of H-pyrrole nitrogens is 1. The molecule has 0 saturated carbocycles. The number of anilines is 2. The molecule has 37 heavy (non-hydrogen) atoms. The first kappa shape index (κ1) is 25.0. The number of hydrogen-bond acceptors (Lipinski definition) is 6. The van der Waals surface area contributed by atoms with Crippen LogP contribution in [0.3, 0.4) is 0 Å². The molecule has 1 saturated heterocycles. The number of β-amino-alcohol motifs (C(OH)–C–C–N with tert-alkyl or cyclic N) is 1. The minimum absolute atomic E-state index is 0.0654. The van der Waals surface area contributed by atoms with Gasteiger partial charge in [0.15, 0.2) is 0 Å². The van der Waals surface area contributed by atoms with Gasteiger partial charge in [-0.15, -0.1) is 8.78 Å². The molecule has 4 heterocycles. The zero-order valence-corrected chi connectivity index (χ0v) is 20.7. The number of halogens is 3. The Morgan fingerprint density at radius 2 is 1.97 bits per heavy atom. The number of benzene rings is 1. The summed E-state index contributed by atoms with van der Waals surface area (Å²) in [5, 5.41) is 12.5. The van der Waals surface area contributed by atoms with Crippen molar-refractivity contribution in [2.75, 3.05) is 23.3 Å². The van der Waals surface area contributed by atoms with E-state index in [2.05, 4.69) is 20.0 Å². The van der Waals surface area contributed by atoms with Crippen LogP contribution < -0.4 is 15.0 Å². The quantitative estimate of drug-likeness (QED) is 0.397. The summed E-state index contributed by atoms with van der Waals surface area (Å²) in [7, 11) is 0. The first-order valence-electron chi connectivity index (χ1n) is 11.6. The van der Waals surface area contributed by atoms with E-state index < -0.39 is 17.6 Å². The van der Waals surface area contributed by atoms with Crippen LogP contribution in [0.2, 0.25) is 0 Å². The number of aliphatic hydroxyl groups is 1. The van der Waals surface area contributed by atoms with Crippen molar-refractivity contribution in [3.05, 3.63) is 59.4 Å². The van der Waals surface area contributed by atoms with E-state index in [9.17, 15) is 23.5 Å². The second kappa shape index (κ2) is 9.31. The molecular weight excluding hydrogens is 508 g/mol. The number of aromatic nitrogens is 2. The molecule has 194 valence electrons. The van der Waals surface area contributed by atoms with Gasteiger partial charge in [-0.1, -0.05) is 0 Å². The lowest BCUT2D eigenvalue weighted by Crippen LogP contribution is -2.51. The van der Waals surface area contributed by atoms with Crippen molar-refractivity contribution in [3.8, 4) is 17.0 Å². The first-order chi connectivity index (χ1) is 17.5. The Labute approximate surface area is 216 Å². The summed E-state index contributed by atoms with van der Waals surface area (Å²) < 4.78 is 29.9. The number of alkyl halides is 3. The Hall–Kier alpha value is -3.70. The largest absolute Gasteiger partial charge is 0.487 e. The lowest BCUT2D eigenvalue weighted by atomic mass is 10.1. The normalized spacial score (nSPS) is 15.7. The molecule has 12 heteroatoms. The number of pyridine rings is 1. The lowest BCUT2D eigenvalue weighted by molar-refractivity contribution is -0.0964. The molecule has 0 spiro atoms. The Kier molecular flexibility index (Phi) is 6.28. The maximum Gasteiger partial charge on any atom is 0.487 e. The summed E-state index contributed by atoms with van der Waals surface area (Å²) in [4.78, 5) is 37.1. The van der Waals surface area contributed by atoms with Gasteiger partial charge >= 0.3 is 5.57 Å². The minimum Gasteiger partial charge on any atom is -0.420 e. The Balaban J connectivity index is 1.41. The average Bonchev–Trinajstić information content (AvgIpc) is 3.36. The number of ether oxygens (including phenoxy) is 1.